The van der Waals surface area contributed by atoms with Crippen LogP contribution < -0.4 is 5.76 Å². The summed E-state index contributed by atoms with van der Waals surface area (Å²) >= 11 is 1.42. The van der Waals surface area contributed by atoms with E-state index in [0.717, 1.165) is 26.6 Å². The smallest absolute Gasteiger partial charge is 0.387 e. The third-order valence-electron chi connectivity index (χ3n) is 4.38. The number of aromatic nitrogens is 3. The topological polar surface area (TPSA) is 70.0 Å². The minimum Gasteiger partial charge on any atom is -0.387 e. The van der Waals surface area contributed by atoms with Crippen molar-refractivity contribution in [1.82, 2.24) is 14.3 Å². The van der Waals surface area contributed by atoms with Crippen LogP contribution >= 0.6 is 11.3 Å². The maximum Gasteiger partial charge on any atom is 0.437 e. The lowest BCUT2D eigenvalue weighted by molar-refractivity contribution is 0.0964. The molecule has 3 heterocycles. The summed E-state index contributed by atoms with van der Waals surface area (Å²) in [5.41, 5.74) is 3.35. The van der Waals surface area contributed by atoms with E-state index in [1.54, 1.807) is 0 Å². The van der Waals surface area contributed by atoms with Crippen LogP contribution in [0.25, 0.3) is 16.5 Å². The van der Waals surface area contributed by atoms with Crippen LogP contribution in [0.1, 0.15) is 21.7 Å². The molecule has 7 heteroatoms. The average molecular weight is 379 g/mol. The number of Topliss-reactive ketones (excluding diaryl/α,β-unsaturated/α-hetero) is 1. The lowest BCUT2D eigenvalue weighted by Gasteiger charge is -2.09. The highest BCUT2D eigenvalue weighted by molar-refractivity contribution is 7.13. The van der Waals surface area contributed by atoms with Crippen molar-refractivity contribution in [3.05, 3.63) is 81.4 Å². The first-order valence-electron chi connectivity index (χ1n) is 8.44. The number of benzene rings is 1. The molecule has 0 atom stereocenters. The Balaban J connectivity index is 1.64. The number of aryl methyl sites for hydroxylation is 1. The highest BCUT2D eigenvalue weighted by Gasteiger charge is 2.19. The minimum atomic E-state index is -0.636. The van der Waals surface area contributed by atoms with E-state index in [0.29, 0.717) is 5.56 Å². The molecule has 0 amide bonds. The first kappa shape index (κ1) is 17.2. The fourth-order valence-electron chi connectivity index (χ4n) is 3.15. The average Bonchev–Trinajstić information content (AvgIpc) is 3.36. The number of carbonyl (C=O) groups is 1. The summed E-state index contributed by atoms with van der Waals surface area (Å²) in [7, 11) is 0. The molecule has 0 aliphatic carbocycles. The minimum absolute atomic E-state index is 0.160. The van der Waals surface area contributed by atoms with Gasteiger partial charge in [0.1, 0.15) is 6.54 Å². The Morgan fingerprint density at radius 2 is 1.93 bits per heavy atom. The lowest BCUT2D eigenvalue weighted by Crippen LogP contribution is -2.21. The van der Waals surface area contributed by atoms with E-state index in [9.17, 15) is 9.59 Å². The molecule has 3 aromatic heterocycles. The monoisotopic (exact) mass is 379 g/mol. The second kappa shape index (κ2) is 6.85. The summed E-state index contributed by atoms with van der Waals surface area (Å²) in [6, 6.07) is 15.3. The third kappa shape index (κ3) is 3.17. The van der Waals surface area contributed by atoms with Gasteiger partial charge in [-0.2, -0.15) is 4.68 Å². The van der Waals surface area contributed by atoms with E-state index < -0.39 is 5.76 Å². The van der Waals surface area contributed by atoms with Crippen molar-refractivity contribution < 1.29 is 9.21 Å². The van der Waals surface area contributed by atoms with E-state index in [1.165, 1.54) is 11.3 Å². The predicted molar refractivity (Wildman–Crippen MR) is 104 cm³/mol. The van der Waals surface area contributed by atoms with Gasteiger partial charge in [0.15, 0.2) is 5.78 Å². The van der Waals surface area contributed by atoms with Gasteiger partial charge in [0.25, 0.3) is 5.89 Å². The second-order valence-corrected chi connectivity index (χ2v) is 7.13. The van der Waals surface area contributed by atoms with Crippen LogP contribution in [-0.2, 0) is 6.54 Å². The van der Waals surface area contributed by atoms with Crippen LogP contribution in [-0.4, -0.2) is 20.1 Å². The molecule has 4 aromatic rings. The Kier molecular flexibility index (Phi) is 4.37. The lowest BCUT2D eigenvalue weighted by atomic mass is 10.1. The van der Waals surface area contributed by atoms with Crippen molar-refractivity contribution >= 4 is 17.1 Å². The van der Waals surface area contributed by atoms with Gasteiger partial charge in [-0.1, -0.05) is 24.3 Å². The summed E-state index contributed by atoms with van der Waals surface area (Å²) in [5, 5.41) is 6.03. The van der Waals surface area contributed by atoms with Crippen molar-refractivity contribution in [2.45, 2.75) is 20.4 Å². The Bertz CT molecular complexity index is 1150. The van der Waals surface area contributed by atoms with Gasteiger partial charge in [-0.3, -0.25) is 4.79 Å². The van der Waals surface area contributed by atoms with Gasteiger partial charge in [0.2, 0.25) is 0 Å². The van der Waals surface area contributed by atoms with Crippen molar-refractivity contribution in [2.75, 3.05) is 0 Å². The Morgan fingerprint density at radius 1 is 1.15 bits per heavy atom. The fourth-order valence-corrected chi connectivity index (χ4v) is 3.79. The maximum absolute atomic E-state index is 12.8. The number of ketones is 1. The molecule has 0 unspecified atom stereocenters. The molecule has 0 aliphatic rings. The zero-order valence-corrected chi connectivity index (χ0v) is 15.7. The van der Waals surface area contributed by atoms with Crippen LogP contribution in [0.3, 0.4) is 0 Å². The van der Waals surface area contributed by atoms with Crippen LogP contribution in [0.2, 0.25) is 0 Å². The summed E-state index contributed by atoms with van der Waals surface area (Å²) in [6.45, 7) is 3.69. The first-order valence-corrected chi connectivity index (χ1v) is 9.32. The van der Waals surface area contributed by atoms with Gasteiger partial charge < -0.3 is 8.98 Å². The number of para-hydroxylation sites is 1. The standard InChI is InChI=1S/C20H17N3O3S/c1-13-11-16(14(2)23(13)15-7-4-3-5-8-15)17(24)12-22-20(25)26-19(21-22)18-9-6-10-27-18/h3-11H,12H2,1-2H3. The second-order valence-electron chi connectivity index (χ2n) is 6.19. The number of hydrogen-bond donors (Lipinski definition) is 0. The first-order chi connectivity index (χ1) is 13.0. The molecule has 0 spiro atoms. The number of thiophene rings is 1. The SMILES string of the molecule is Cc1cc(C(=O)Cn2nc(-c3cccs3)oc2=O)c(C)n1-c1ccccc1. The van der Waals surface area contributed by atoms with Gasteiger partial charge in [-0.25, -0.2) is 4.79 Å². The van der Waals surface area contributed by atoms with Gasteiger partial charge in [-0.05, 0) is 43.5 Å². The van der Waals surface area contributed by atoms with Crippen molar-refractivity contribution in [3.8, 4) is 16.5 Å². The number of carbonyl (C=O) groups excluding carboxylic acids is 1. The number of rotatable bonds is 5. The zero-order chi connectivity index (χ0) is 19.0. The van der Waals surface area contributed by atoms with E-state index >= 15 is 0 Å². The molecule has 6 nitrogen and oxygen atoms in total. The Labute approximate surface area is 159 Å². The van der Waals surface area contributed by atoms with Crippen molar-refractivity contribution in [1.29, 1.82) is 0 Å². The summed E-state index contributed by atoms with van der Waals surface area (Å²) in [5.74, 6) is -0.584. The molecule has 0 bridgehead atoms. The molecule has 0 saturated heterocycles. The normalized spacial score (nSPS) is 11.0. The fraction of sp³-hybridized carbons (Fsp3) is 0.150. The summed E-state index contributed by atoms with van der Waals surface area (Å²) in [4.78, 5) is 25.6. The Morgan fingerprint density at radius 3 is 2.63 bits per heavy atom. The third-order valence-corrected chi connectivity index (χ3v) is 5.24. The van der Waals surface area contributed by atoms with E-state index in [2.05, 4.69) is 5.10 Å². The van der Waals surface area contributed by atoms with Gasteiger partial charge >= 0.3 is 5.76 Å². The van der Waals surface area contributed by atoms with Crippen LogP contribution in [0.15, 0.2) is 63.1 Å². The van der Waals surface area contributed by atoms with Crippen LogP contribution in [0, 0.1) is 13.8 Å². The maximum atomic E-state index is 12.8. The summed E-state index contributed by atoms with van der Waals surface area (Å²) in [6.07, 6.45) is 0. The van der Waals surface area contributed by atoms with E-state index in [1.807, 2.05) is 72.3 Å². The van der Waals surface area contributed by atoms with Crippen molar-refractivity contribution in [3.63, 3.8) is 0 Å². The molecule has 0 aliphatic heterocycles. The van der Waals surface area contributed by atoms with E-state index in [4.69, 9.17) is 4.42 Å². The predicted octanol–water partition coefficient (Wildman–Crippen LogP) is 3.86. The largest absolute Gasteiger partial charge is 0.437 e. The highest BCUT2D eigenvalue weighted by Crippen LogP contribution is 2.23. The molecule has 1 aromatic carbocycles. The summed E-state index contributed by atoms with van der Waals surface area (Å²) < 4.78 is 8.27. The van der Waals surface area contributed by atoms with Crippen LogP contribution in [0.5, 0.6) is 0 Å². The van der Waals surface area contributed by atoms with Gasteiger partial charge in [0, 0.05) is 22.6 Å². The molecular weight excluding hydrogens is 362 g/mol. The molecular formula is C20H17N3O3S. The molecule has 0 saturated carbocycles. The number of nitrogens with zero attached hydrogens (tertiary/aromatic N) is 3. The molecule has 0 N–H and O–H groups in total. The highest BCUT2D eigenvalue weighted by atomic mass is 32.1. The quantitative estimate of drug-likeness (QED) is 0.494. The van der Waals surface area contributed by atoms with Crippen molar-refractivity contribution in [2.24, 2.45) is 0 Å². The molecule has 0 radical (unpaired) electrons. The zero-order valence-electron chi connectivity index (χ0n) is 14.9. The van der Waals surface area contributed by atoms with Gasteiger partial charge in [0.05, 0.1) is 4.88 Å². The molecule has 4 rings (SSSR count). The van der Waals surface area contributed by atoms with E-state index in [-0.39, 0.29) is 18.2 Å². The van der Waals surface area contributed by atoms with Gasteiger partial charge in [-0.15, -0.1) is 16.4 Å². The molecule has 136 valence electrons. The van der Waals surface area contributed by atoms with Crippen LogP contribution in [0.4, 0.5) is 0 Å². The Hall–Kier alpha value is -3.19. The molecule has 27 heavy (non-hydrogen) atoms. The number of hydrogen-bond acceptors (Lipinski definition) is 5. The molecule has 0 fully saturated rings.